The van der Waals surface area contributed by atoms with E-state index in [1.165, 1.54) is 6.07 Å². The van der Waals surface area contributed by atoms with Crippen LogP contribution in [0.2, 0.25) is 0 Å². The number of pyridine rings is 1. The lowest BCUT2D eigenvalue weighted by Gasteiger charge is -2.31. The van der Waals surface area contributed by atoms with Gasteiger partial charge in [-0.05, 0) is 65.5 Å². The van der Waals surface area contributed by atoms with Crippen LogP contribution in [0, 0.1) is 5.82 Å². The zero-order valence-electron chi connectivity index (χ0n) is 14.4. The fourth-order valence-electron chi connectivity index (χ4n) is 2.87. The van der Waals surface area contributed by atoms with Crippen LogP contribution in [0.4, 0.5) is 4.39 Å². The smallest absolute Gasteiger partial charge is 0.146 e. The van der Waals surface area contributed by atoms with Crippen molar-refractivity contribution in [2.24, 2.45) is 0 Å². The highest BCUT2D eigenvalue weighted by Crippen LogP contribution is 2.38. The summed E-state index contributed by atoms with van der Waals surface area (Å²) in [6, 6.07) is 10.5. The van der Waals surface area contributed by atoms with Crippen LogP contribution in [0.15, 0.2) is 41.0 Å². The number of nitrogens with zero attached hydrogens (tertiary/aromatic N) is 2. The predicted octanol–water partition coefficient (Wildman–Crippen LogP) is 4.08. The number of aliphatic hydroxyl groups is 1. The lowest BCUT2D eigenvalue weighted by atomic mass is 10.1. The quantitative estimate of drug-likeness (QED) is 0.701. The van der Waals surface area contributed by atoms with Crippen molar-refractivity contribution in [2.75, 3.05) is 13.7 Å². The van der Waals surface area contributed by atoms with E-state index in [-0.39, 0.29) is 11.9 Å². The number of aromatic nitrogens is 1. The molecule has 1 fully saturated rings. The molecule has 6 heteroatoms. The Balaban J connectivity index is 1.84. The van der Waals surface area contributed by atoms with Crippen molar-refractivity contribution in [3.05, 3.63) is 58.1 Å². The Kier molecular flexibility index (Phi) is 5.41. The standard InChI is InChI=1S/C19H22BrFN2O2/c1-13(18-16(21)7-8-17(20)22-18)23(12-19(24)9-10-19)11-14-3-5-15(25-2)6-4-14/h3-8,13,24H,9-12H2,1-2H3. The van der Waals surface area contributed by atoms with Gasteiger partial charge in [-0.1, -0.05) is 12.1 Å². The molecule has 0 radical (unpaired) electrons. The molecule has 0 saturated heterocycles. The average Bonchev–Trinajstić information content (AvgIpc) is 3.33. The van der Waals surface area contributed by atoms with Crippen LogP contribution in [0.1, 0.15) is 37.1 Å². The first-order valence-electron chi connectivity index (χ1n) is 8.31. The number of ether oxygens (including phenoxy) is 1. The van der Waals surface area contributed by atoms with E-state index in [4.69, 9.17) is 4.74 Å². The normalized spacial score (nSPS) is 16.7. The molecule has 0 aliphatic heterocycles. The minimum absolute atomic E-state index is 0.260. The molecule has 134 valence electrons. The highest BCUT2D eigenvalue weighted by atomic mass is 79.9. The second-order valence-electron chi connectivity index (χ2n) is 6.65. The summed E-state index contributed by atoms with van der Waals surface area (Å²) in [5.74, 6) is 0.460. The first kappa shape index (κ1) is 18.3. The molecule has 1 aliphatic rings. The third-order valence-electron chi connectivity index (χ3n) is 4.65. The van der Waals surface area contributed by atoms with Crippen LogP contribution in [0.3, 0.4) is 0 Å². The maximum Gasteiger partial charge on any atom is 0.146 e. The second-order valence-corrected chi connectivity index (χ2v) is 7.47. The summed E-state index contributed by atoms with van der Waals surface area (Å²) in [5.41, 5.74) is 0.794. The maximum atomic E-state index is 14.3. The van der Waals surface area contributed by atoms with Crippen LogP contribution < -0.4 is 4.74 Å². The first-order valence-corrected chi connectivity index (χ1v) is 9.11. The molecule has 4 nitrogen and oxygen atoms in total. The molecule has 2 aromatic rings. The topological polar surface area (TPSA) is 45.6 Å². The van der Waals surface area contributed by atoms with Gasteiger partial charge in [-0.3, -0.25) is 4.90 Å². The van der Waals surface area contributed by atoms with Gasteiger partial charge in [-0.2, -0.15) is 0 Å². The SMILES string of the molecule is COc1ccc(CN(CC2(O)CC2)C(C)c2nc(Br)ccc2F)cc1. The summed E-state index contributed by atoms with van der Waals surface area (Å²) in [4.78, 5) is 6.39. The Labute approximate surface area is 155 Å². The van der Waals surface area contributed by atoms with Crippen LogP contribution in [-0.2, 0) is 6.54 Å². The Morgan fingerprint density at radius 1 is 1.28 bits per heavy atom. The Morgan fingerprint density at radius 2 is 1.96 bits per heavy atom. The summed E-state index contributed by atoms with van der Waals surface area (Å²) < 4.78 is 20.1. The molecule has 0 bridgehead atoms. The molecule has 1 N–H and O–H groups in total. The maximum absolute atomic E-state index is 14.3. The monoisotopic (exact) mass is 408 g/mol. The van der Waals surface area contributed by atoms with Crippen molar-refractivity contribution in [2.45, 2.75) is 38.0 Å². The number of halogens is 2. The molecule has 1 aliphatic carbocycles. The van der Waals surface area contributed by atoms with Crippen LogP contribution >= 0.6 is 15.9 Å². The number of hydrogen-bond acceptors (Lipinski definition) is 4. The third kappa shape index (κ3) is 4.57. The predicted molar refractivity (Wildman–Crippen MR) is 97.9 cm³/mol. The highest BCUT2D eigenvalue weighted by molar-refractivity contribution is 9.10. The Morgan fingerprint density at radius 3 is 2.56 bits per heavy atom. The first-order chi connectivity index (χ1) is 11.9. The van der Waals surface area contributed by atoms with Gasteiger partial charge in [0.15, 0.2) is 0 Å². The van der Waals surface area contributed by atoms with E-state index in [9.17, 15) is 9.50 Å². The third-order valence-corrected chi connectivity index (χ3v) is 5.09. The van der Waals surface area contributed by atoms with Crippen molar-refractivity contribution in [3.63, 3.8) is 0 Å². The zero-order chi connectivity index (χ0) is 18.0. The number of rotatable bonds is 7. The number of hydrogen-bond donors (Lipinski definition) is 1. The summed E-state index contributed by atoms with van der Waals surface area (Å²) >= 11 is 3.31. The van der Waals surface area contributed by atoms with Crippen molar-refractivity contribution >= 4 is 15.9 Å². The van der Waals surface area contributed by atoms with Crippen molar-refractivity contribution in [1.29, 1.82) is 0 Å². The molecular weight excluding hydrogens is 387 g/mol. The van der Waals surface area contributed by atoms with Crippen molar-refractivity contribution < 1.29 is 14.2 Å². The van der Waals surface area contributed by atoms with Gasteiger partial charge in [-0.15, -0.1) is 0 Å². The molecule has 25 heavy (non-hydrogen) atoms. The van der Waals surface area contributed by atoms with Crippen molar-refractivity contribution in [3.8, 4) is 5.75 Å². The van der Waals surface area contributed by atoms with Gasteiger partial charge in [0, 0.05) is 13.1 Å². The van der Waals surface area contributed by atoms with Gasteiger partial charge in [0.2, 0.25) is 0 Å². The zero-order valence-corrected chi connectivity index (χ0v) is 16.0. The summed E-state index contributed by atoms with van der Waals surface area (Å²) in [6.45, 7) is 3.02. The lowest BCUT2D eigenvalue weighted by Crippen LogP contribution is -2.36. The molecule has 1 aromatic heterocycles. The minimum Gasteiger partial charge on any atom is -0.497 e. The van der Waals surface area contributed by atoms with E-state index in [0.29, 0.717) is 23.4 Å². The summed E-state index contributed by atoms with van der Waals surface area (Å²) in [6.07, 6.45) is 1.57. The highest BCUT2D eigenvalue weighted by Gasteiger charge is 2.43. The van der Waals surface area contributed by atoms with E-state index in [0.717, 1.165) is 24.2 Å². The Hall–Kier alpha value is -1.50. The molecule has 1 unspecified atom stereocenters. The van der Waals surface area contributed by atoms with Gasteiger partial charge in [0.25, 0.3) is 0 Å². The largest absolute Gasteiger partial charge is 0.497 e. The van der Waals surface area contributed by atoms with Crippen LogP contribution in [0.5, 0.6) is 5.75 Å². The van der Waals surface area contributed by atoms with E-state index >= 15 is 0 Å². The number of methoxy groups -OCH3 is 1. The molecule has 3 rings (SSSR count). The fourth-order valence-corrected chi connectivity index (χ4v) is 3.20. The molecule has 0 spiro atoms. The average molecular weight is 409 g/mol. The van der Waals surface area contributed by atoms with Gasteiger partial charge >= 0.3 is 0 Å². The molecule has 0 amide bonds. The fraction of sp³-hybridized carbons (Fsp3) is 0.421. The lowest BCUT2D eigenvalue weighted by molar-refractivity contribution is 0.0660. The van der Waals surface area contributed by atoms with E-state index in [2.05, 4.69) is 25.8 Å². The molecule has 1 aromatic carbocycles. The minimum atomic E-state index is -0.663. The van der Waals surface area contributed by atoms with Gasteiger partial charge in [0.1, 0.15) is 16.2 Å². The van der Waals surface area contributed by atoms with Crippen molar-refractivity contribution in [1.82, 2.24) is 9.88 Å². The van der Waals surface area contributed by atoms with E-state index < -0.39 is 5.60 Å². The van der Waals surface area contributed by atoms with Gasteiger partial charge in [0.05, 0.1) is 24.4 Å². The van der Waals surface area contributed by atoms with E-state index in [1.54, 1.807) is 13.2 Å². The molecule has 1 heterocycles. The van der Waals surface area contributed by atoms with Gasteiger partial charge in [-0.25, -0.2) is 9.37 Å². The summed E-state index contributed by atoms with van der Waals surface area (Å²) in [7, 11) is 1.63. The number of benzene rings is 1. The van der Waals surface area contributed by atoms with Crippen LogP contribution in [-0.4, -0.2) is 34.2 Å². The van der Waals surface area contributed by atoms with E-state index in [1.807, 2.05) is 31.2 Å². The molecule has 1 atom stereocenters. The second kappa shape index (κ2) is 7.40. The van der Waals surface area contributed by atoms with Gasteiger partial charge < -0.3 is 9.84 Å². The molecular formula is C19H22BrFN2O2. The molecule has 1 saturated carbocycles. The summed E-state index contributed by atoms with van der Waals surface area (Å²) in [5, 5.41) is 10.4. The Bertz CT molecular complexity index is 735. The van der Waals surface area contributed by atoms with Crippen LogP contribution in [0.25, 0.3) is 0 Å².